The van der Waals surface area contributed by atoms with Crippen LogP contribution in [0.15, 0.2) is 72.8 Å². The fourth-order valence-electron chi connectivity index (χ4n) is 4.75. The number of hydrogen-bond acceptors (Lipinski definition) is 5. The molecule has 0 unspecified atom stereocenters. The largest absolute Gasteiger partial charge is 0.491 e. The molecule has 0 amide bonds. The van der Waals surface area contributed by atoms with Gasteiger partial charge in [-0.15, -0.1) is 0 Å². The molecule has 6 heteroatoms. The average Bonchev–Trinajstić information content (AvgIpc) is 2.87. The van der Waals surface area contributed by atoms with Crippen molar-refractivity contribution in [2.75, 3.05) is 31.2 Å². The SMILES string of the molecule is C[C@H](c1ccc(C#N)cc1)N1C[C@@H](C)N(c2ccc(OCCO)cc2)[C@H](c2ccc(Cl)cc2)C1. The lowest BCUT2D eigenvalue weighted by molar-refractivity contribution is 0.148. The maximum Gasteiger partial charge on any atom is 0.119 e. The van der Waals surface area contributed by atoms with Crippen molar-refractivity contribution in [3.8, 4) is 11.8 Å². The standard InChI is InChI=1S/C28H30ClN3O2/c1-20-18-31(21(2)23-5-3-22(17-30)4-6-23)19-28(24-7-9-25(29)10-8-24)32(20)26-11-13-27(14-12-26)34-16-15-33/h3-14,20-21,28,33H,15-16,18-19H2,1-2H3/t20-,21-,28+/m1/s1. The molecule has 34 heavy (non-hydrogen) atoms. The number of benzene rings is 3. The second kappa shape index (κ2) is 10.9. The zero-order valence-corrected chi connectivity index (χ0v) is 20.3. The van der Waals surface area contributed by atoms with Crippen molar-refractivity contribution in [2.45, 2.75) is 32.0 Å². The van der Waals surface area contributed by atoms with E-state index in [1.807, 2.05) is 36.4 Å². The molecule has 4 rings (SSSR count). The van der Waals surface area contributed by atoms with Crippen LogP contribution in [-0.4, -0.2) is 42.4 Å². The summed E-state index contributed by atoms with van der Waals surface area (Å²) in [5, 5.41) is 18.9. The van der Waals surface area contributed by atoms with E-state index in [2.05, 4.69) is 66.1 Å². The van der Waals surface area contributed by atoms with Crippen molar-refractivity contribution in [2.24, 2.45) is 0 Å². The number of ether oxygens (including phenoxy) is 1. The van der Waals surface area contributed by atoms with Gasteiger partial charge in [0.05, 0.1) is 24.3 Å². The molecule has 176 valence electrons. The van der Waals surface area contributed by atoms with Gasteiger partial charge in [0.2, 0.25) is 0 Å². The van der Waals surface area contributed by atoms with Crippen LogP contribution in [0.4, 0.5) is 5.69 Å². The molecule has 1 N–H and O–H groups in total. The number of aliphatic hydroxyl groups is 1. The van der Waals surface area contributed by atoms with Gasteiger partial charge in [0.25, 0.3) is 0 Å². The molecule has 1 heterocycles. The van der Waals surface area contributed by atoms with Crippen molar-refractivity contribution in [1.82, 2.24) is 4.90 Å². The summed E-state index contributed by atoms with van der Waals surface area (Å²) in [6, 6.07) is 27.0. The van der Waals surface area contributed by atoms with Crippen molar-refractivity contribution >= 4 is 17.3 Å². The van der Waals surface area contributed by atoms with Gasteiger partial charge in [0.15, 0.2) is 0 Å². The Bertz CT molecular complexity index is 1110. The summed E-state index contributed by atoms with van der Waals surface area (Å²) in [6.45, 7) is 6.54. The maximum atomic E-state index is 9.13. The monoisotopic (exact) mass is 475 g/mol. The van der Waals surface area contributed by atoms with Crippen LogP contribution in [0.1, 0.15) is 42.6 Å². The molecule has 0 bridgehead atoms. The van der Waals surface area contributed by atoms with Crippen LogP contribution >= 0.6 is 11.6 Å². The van der Waals surface area contributed by atoms with Gasteiger partial charge < -0.3 is 14.7 Å². The van der Waals surface area contributed by atoms with Crippen LogP contribution in [0.25, 0.3) is 0 Å². The average molecular weight is 476 g/mol. The lowest BCUT2D eigenvalue weighted by atomic mass is 9.95. The van der Waals surface area contributed by atoms with E-state index in [0.717, 1.165) is 29.5 Å². The second-order valence-electron chi connectivity index (χ2n) is 8.75. The molecular formula is C28H30ClN3O2. The highest BCUT2D eigenvalue weighted by Crippen LogP contribution is 2.37. The van der Waals surface area contributed by atoms with Gasteiger partial charge in [0.1, 0.15) is 12.4 Å². The number of nitriles is 1. The van der Waals surface area contributed by atoms with E-state index in [9.17, 15) is 0 Å². The van der Waals surface area contributed by atoms with Crippen molar-refractivity contribution in [3.05, 3.63) is 94.5 Å². The Morgan fingerprint density at radius 2 is 1.71 bits per heavy atom. The van der Waals surface area contributed by atoms with Gasteiger partial charge in [-0.3, -0.25) is 4.90 Å². The molecule has 0 spiro atoms. The van der Waals surface area contributed by atoms with Gasteiger partial charge in [-0.1, -0.05) is 35.9 Å². The molecule has 3 aromatic carbocycles. The maximum absolute atomic E-state index is 9.13. The third kappa shape index (κ3) is 5.37. The molecule has 1 aliphatic heterocycles. The van der Waals surface area contributed by atoms with Crippen molar-refractivity contribution in [3.63, 3.8) is 0 Å². The number of halogens is 1. The molecule has 0 aromatic heterocycles. The smallest absolute Gasteiger partial charge is 0.119 e. The number of piperazine rings is 1. The zero-order chi connectivity index (χ0) is 24.1. The first kappa shape index (κ1) is 24.1. The summed E-state index contributed by atoms with van der Waals surface area (Å²) in [6.07, 6.45) is 0. The van der Waals surface area contributed by atoms with Crippen molar-refractivity contribution < 1.29 is 9.84 Å². The van der Waals surface area contributed by atoms with Crippen LogP contribution in [0.5, 0.6) is 5.75 Å². The topological polar surface area (TPSA) is 59.7 Å². The van der Waals surface area contributed by atoms with E-state index in [1.54, 1.807) is 0 Å². The Kier molecular flexibility index (Phi) is 7.74. The van der Waals surface area contributed by atoms with E-state index in [4.69, 9.17) is 26.7 Å². The molecule has 3 aromatic rings. The van der Waals surface area contributed by atoms with E-state index in [0.29, 0.717) is 5.56 Å². The Hall–Kier alpha value is -3.04. The minimum Gasteiger partial charge on any atom is -0.491 e. The number of nitrogens with zero attached hydrogens (tertiary/aromatic N) is 3. The minimum absolute atomic E-state index is 0.00317. The second-order valence-corrected chi connectivity index (χ2v) is 9.19. The van der Waals surface area contributed by atoms with Gasteiger partial charge in [-0.2, -0.15) is 5.26 Å². The van der Waals surface area contributed by atoms with Crippen LogP contribution in [0.3, 0.4) is 0 Å². The van der Waals surface area contributed by atoms with Crippen molar-refractivity contribution in [1.29, 1.82) is 5.26 Å². The third-order valence-electron chi connectivity index (χ3n) is 6.54. The first-order valence-corrected chi connectivity index (χ1v) is 12.0. The summed E-state index contributed by atoms with van der Waals surface area (Å²) in [7, 11) is 0. The number of anilines is 1. The van der Waals surface area contributed by atoms with E-state index in [1.165, 1.54) is 11.1 Å². The first-order chi connectivity index (χ1) is 16.5. The molecule has 1 fully saturated rings. The predicted molar refractivity (Wildman–Crippen MR) is 136 cm³/mol. The number of hydrogen-bond donors (Lipinski definition) is 1. The molecule has 3 atom stereocenters. The Morgan fingerprint density at radius 1 is 1.03 bits per heavy atom. The van der Waals surface area contributed by atoms with Gasteiger partial charge in [-0.25, -0.2) is 0 Å². The highest BCUT2D eigenvalue weighted by molar-refractivity contribution is 6.30. The molecular weight excluding hydrogens is 446 g/mol. The quantitative estimate of drug-likeness (QED) is 0.482. The fourth-order valence-corrected chi connectivity index (χ4v) is 4.87. The summed E-state index contributed by atoms with van der Waals surface area (Å²) in [5.41, 5.74) is 4.24. The zero-order valence-electron chi connectivity index (χ0n) is 19.6. The van der Waals surface area contributed by atoms with E-state index >= 15 is 0 Å². The van der Waals surface area contributed by atoms with Crippen LogP contribution in [0.2, 0.25) is 5.02 Å². The summed E-state index contributed by atoms with van der Waals surface area (Å²) < 4.78 is 5.55. The van der Waals surface area contributed by atoms with Crippen LogP contribution in [-0.2, 0) is 0 Å². The van der Waals surface area contributed by atoms with Crippen LogP contribution in [0, 0.1) is 11.3 Å². The molecule has 5 nitrogen and oxygen atoms in total. The summed E-state index contributed by atoms with van der Waals surface area (Å²) in [5.74, 6) is 0.751. The third-order valence-corrected chi connectivity index (χ3v) is 6.79. The highest BCUT2D eigenvalue weighted by atomic mass is 35.5. The van der Waals surface area contributed by atoms with E-state index < -0.39 is 0 Å². The summed E-state index contributed by atoms with van der Waals surface area (Å²) in [4.78, 5) is 4.99. The fraction of sp³-hybridized carbons (Fsp3) is 0.321. The predicted octanol–water partition coefficient (Wildman–Crippen LogP) is 5.60. The van der Waals surface area contributed by atoms with Gasteiger partial charge in [-0.05, 0) is 73.5 Å². The first-order valence-electron chi connectivity index (χ1n) is 11.6. The van der Waals surface area contributed by atoms with Gasteiger partial charge >= 0.3 is 0 Å². The number of aliphatic hydroxyl groups excluding tert-OH is 1. The molecule has 1 saturated heterocycles. The lowest BCUT2D eigenvalue weighted by Crippen LogP contribution is -2.54. The molecule has 0 radical (unpaired) electrons. The highest BCUT2D eigenvalue weighted by Gasteiger charge is 2.35. The van der Waals surface area contributed by atoms with Crippen LogP contribution < -0.4 is 9.64 Å². The summed E-state index contributed by atoms with van der Waals surface area (Å²) >= 11 is 6.20. The molecule has 0 saturated carbocycles. The Balaban J connectivity index is 1.63. The number of rotatable bonds is 7. The lowest BCUT2D eigenvalue weighted by Gasteiger charge is -2.49. The minimum atomic E-state index is -0.00317. The van der Waals surface area contributed by atoms with Gasteiger partial charge in [0, 0.05) is 35.9 Å². The molecule has 1 aliphatic rings. The Morgan fingerprint density at radius 3 is 2.32 bits per heavy atom. The normalized spacial score (nSPS) is 19.4. The molecule has 0 aliphatic carbocycles. The Labute approximate surface area is 206 Å². The van der Waals surface area contributed by atoms with E-state index in [-0.39, 0.29) is 31.3 Å².